The molecule has 1 atom stereocenters. The molecule has 7 nitrogen and oxygen atoms in total. The number of aliphatic hydroxyl groups is 1. The molecule has 0 unspecified atom stereocenters. The summed E-state index contributed by atoms with van der Waals surface area (Å²) in [7, 11) is 1.60. The number of amides is 1. The zero-order valence-electron chi connectivity index (χ0n) is 21.9. The smallest absolute Gasteiger partial charge is 0.274 e. The fourth-order valence-corrected chi connectivity index (χ4v) is 5.27. The minimum atomic E-state index is -0.476. The van der Waals surface area contributed by atoms with Crippen molar-refractivity contribution < 1.29 is 19.4 Å². The van der Waals surface area contributed by atoms with Crippen LogP contribution in [0.15, 0.2) is 102 Å². The van der Waals surface area contributed by atoms with E-state index in [9.17, 15) is 14.7 Å². The summed E-state index contributed by atoms with van der Waals surface area (Å²) >= 11 is 0. The van der Waals surface area contributed by atoms with Crippen molar-refractivity contribution in [1.82, 2.24) is 9.47 Å². The second-order valence-electron chi connectivity index (χ2n) is 9.61. The molecule has 3 aromatic carbocycles. The third kappa shape index (κ3) is 5.50. The maximum absolute atomic E-state index is 13.9. The Morgan fingerprint density at radius 2 is 1.49 bits per heavy atom. The maximum Gasteiger partial charge on any atom is 0.274 e. The SMILES string of the molecule is COCCN1C[C@H](C(c2ccccc2)c2ccccc2)n2cc(CO)c(=O)c(OCc3ccccc3)c2C1=O. The molecule has 0 saturated heterocycles. The molecule has 5 rings (SSSR count). The van der Waals surface area contributed by atoms with Crippen LogP contribution >= 0.6 is 0 Å². The van der Waals surface area contributed by atoms with Gasteiger partial charge in [0.25, 0.3) is 5.91 Å². The molecular formula is C32H32N2O5. The van der Waals surface area contributed by atoms with E-state index in [4.69, 9.17) is 9.47 Å². The molecule has 7 heteroatoms. The molecule has 1 N–H and O–H groups in total. The van der Waals surface area contributed by atoms with Crippen molar-refractivity contribution in [3.8, 4) is 5.75 Å². The first kappa shape index (κ1) is 26.4. The van der Waals surface area contributed by atoms with Crippen molar-refractivity contribution in [1.29, 1.82) is 0 Å². The number of benzene rings is 3. The molecular weight excluding hydrogens is 492 g/mol. The highest BCUT2D eigenvalue weighted by Crippen LogP contribution is 2.40. The van der Waals surface area contributed by atoms with Gasteiger partial charge >= 0.3 is 0 Å². The predicted molar refractivity (Wildman–Crippen MR) is 149 cm³/mol. The fourth-order valence-electron chi connectivity index (χ4n) is 5.27. The second-order valence-corrected chi connectivity index (χ2v) is 9.61. The lowest BCUT2D eigenvalue weighted by molar-refractivity contribution is 0.0578. The van der Waals surface area contributed by atoms with Crippen LogP contribution in [0.5, 0.6) is 5.75 Å². The van der Waals surface area contributed by atoms with E-state index >= 15 is 0 Å². The lowest BCUT2D eigenvalue weighted by Gasteiger charge is -2.41. The van der Waals surface area contributed by atoms with Gasteiger partial charge < -0.3 is 24.0 Å². The first-order chi connectivity index (χ1) is 19.1. The zero-order valence-corrected chi connectivity index (χ0v) is 21.9. The van der Waals surface area contributed by atoms with Crippen LogP contribution in [0.1, 0.15) is 44.7 Å². The van der Waals surface area contributed by atoms with E-state index in [0.29, 0.717) is 19.7 Å². The molecule has 0 aliphatic carbocycles. The summed E-state index contributed by atoms with van der Waals surface area (Å²) in [5.41, 5.74) is 2.93. The third-order valence-corrected chi connectivity index (χ3v) is 7.18. The molecule has 0 bridgehead atoms. The van der Waals surface area contributed by atoms with E-state index < -0.39 is 12.0 Å². The van der Waals surface area contributed by atoms with Crippen molar-refractivity contribution >= 4 is 5.91 Å². The van der Waals surface area contributed by atoms with E-state index in [-0.39, 0.29) is 41.5 Å². The Morgan fingerprint density at radius 3 is 2.05 bits per heavy atom. The van der Waals surface area contributed by atoms with Crippen LogP contribution in [0, 0.1) is 0 Å². The average Bonchev–Trinajstić information content (AvgIpc) is 2.98. The Hall–Kier alpha value is -4.20. The Balaban J connectivity index is 1.70. The molecule has 2 heterocycles. The molecule has 1 aromatic heterocycles. The molecule has 39 heavy (non-hydrogen) atoms. The molecule has 1 amide bonds. The molecule has 1 aliphatic heterocycles. The average molecular weight is 525 g/mol. The number of nitrogens with zero attached hydrogens (tertiary/aromatic N) is 2. The van der Waals surface area contributed by atoms with Crippen LogP contribution in [0.3, 0.4) is 0 Å². The van der Waals surface area contributed by atoms with Gasteiger partial charge in [-0.3, -0.25) is 9.59 Å². The Labute approximate surface area is 227 Å². The quantitative estimate of drug-likeness (QED) is 0.333. The summed E-state index contributed by atoms with van der Waals surface area (Å²) in [4.78, 5) is 29.1. The number of methoxy groups -OCH3 is 1. The summed E-state index contributed by atoms with van der Waals surface area (Å²) in [6.07, 6.45) is 1.63. The second kappa shape index (κ2) is 12.1. The van der Waals surface area contributed by atoms with Gasteiger partial charge in [0.05, 0.1) is 19.3 Å². The largest absolute Gasteiger partial charge is 0.483 e. The van der Waals surface area contributed by atoms with E-state index in [2.05, 4.69) is 24.3 Å². The first-order valence-corrected chi connectivity index (χ1v) is 13.1. The third-order valence-electron chi connectivity index (χ3n) is 7.18. The zero-order chi connectivity index (χ0) is 27.2. The van der Waals surface area contributed by atoms with Gasteiger partial charge in [0.15, 0.2) is 11.4 Å². The summed E-state index contributed by atoms with van der Waals surface area (Å²) < 4.78 is 13.3. The monoisotopic (exact) mass is 524 g/mol. The van der Waals surface area contributed by atoms with Gasteiger partial charge in [-0.05, 0) is 16.7 Å². The van der Waals surface area contributed by atoms with Gasteiger partial charge in [-0.25, -0.2) is 0 Å². The number of carbonyl (C=O) groups is 1. The van der Waals surface area contributed by atoms with Crippen LogP contribution in [-0.4, -0.2) is 47.3 Å². The van der Waals surface area contributed by atoms with Crippen molar-refractivity contribution in [3.63, 3.8) is 0 Å². The minimum absolute atomic E-state index is 0.0395. The molecule has 0 radical (unpaired) electrons. The first-order valence-electron chi connectivity index (χ1n) is 13.1. The normalized spacial score (nSPS) is 14.9. The molecule has 0 fully saturated rings. The Kier molecular flexibility index (Phi) is 8.20. The van der Waals surface area contributed by atoms with Crippen LogP contribution < -0.4 is 10.2 Å². The summed E-state index contributed by atoms with van der Waals surface area (Å²) in [6, 6.07) is 29.5. The number of hydrogen-bond donors (Lipinski definition) is 1. The van der Waals surface area contributed by atoms with E-state index in [1.54, 1.807) is 18.2 Å². The van der Waals surface area contributed by atoms with Crippen LogP contribution in [0.4, 0.5) is 0 Å². The highest BCUT2D eigenvalue weighted by molar-refractivity contribution is 5.96. The van der Waals surface area contributed by atoms with E-state index in [0.717, 1.165) is 16.7 Å². The minimum Gasteiger partial charge on any atom is -0.483 e. The number of rotatable bonds is 10. The van der Waals surface area contributed by atoms with Crippen molar-refractivity contribution in [2.45, 2.75) is 25.2 Å². The van der Waals surface area contributed by atoms with E-state index in [1.165, 1.54) is 0 Å². The predicted octanol–water partition coefficient (Wildman–Crippen LogP) is 4.40. The Bertz CT molecular complexity index is 1420. The van der Waals surface area contributed by atoms with Crippen molar-refractivity contribution in [2.75, 3.05) is 26.8 Å². The van der Waals surface area contributed by atoms with Gasteiger partial charge in [0, 0.05) is 37.9 Å². The lowest BCUT2D eigenvalue weighted by Crippen LogP contribution is -2.47. The number of pyridine rings is 1. The number of aromatic nitrogens is 1. The number of carbonyl (C=O) groups excluding carboxylic acids is 1. The summed E-state index contributed by atoms with van der Waals surface area (Å²) in [6.45, 7) is 0.788. The van der Waals surface area contributed by atoms with Gasteiger partial charge in [0.1, 0.15) is 6.61 Å². The number of aliphatic hydroxyl groups excluding tert-OH is 1. The molecule has 4 aromatic rings. The molecule has 1 aliphatic rings. The van der Waals surface area contributed by atoms with Gasteiger partial charge in [-0.15, -0.1) is 0 Å². The highest BCUT2D eigenvalue weighted by Gasteiger charge is 2.39. The number of ether oxygens (including phenoxy) is 2. The van der Waals surface area contributed by atoms with Crippen LogP contribution in [-0.2, 0) is 18.0 Å². The fraction of sp³-hybridized carbons (Fsp3) is 0.250. The highest BCUT2D eigenvalue weighted by atomic mass is 16.5. The van der Waals surface area contributed by atoms with Crippen LogP contribution in [0.25, 0.3) is 0 Å². The van der Waals surface area contributed by atoms with Crippen LogP contribution in [0.2, 0.25) is 0 Å². The Morgan fingerprint density at radius 1 is 0.897 bits per heavy atom. The molecule has 0 spiro atoms. The topological polar surface area (TPSA) is 81.0 Å². The van der Waals surface area contributed by atoms with Crippen molar-refractivity contribution in [2.24, 2.45) is 0 Å². The summed E-state index contributed by atoms with van der Waals surface area (Å²) in [5, 5.41) is 10.1. The van der Waals surface area contributed by atoms with Crippen molar-refractivity contribution in [3.05, 3.63) is 135 Å². The van der Waals surface area contributed by atoms with Gasteiger partial charge in [-0.1, -0.05) is 91.0 Å². The molecule has 0 saturated carbocycles. The standard InChI is InChI=1S/C32H32N2O5/c1-38-18-17-33-20-27(28(24-13-7-3-8-14-24)25-15-9-4-10-16-25)34-19-26(21-35)30(36)31(29(34)32(33)37)39-22-23-11-5-2-6-12-23/h2-16,19,27-28,35H,17-18,20-22H2,1H3/t27-/m1/s1. The van der Waals surface area contributed by atoms with Gasteiger partial charge in [0.2, 0.25) is 5.43 Å². The number of hydrogen-bond acceptors (Lipinski definition) is 5. The summed E-state index contributed by atoms with van der Waals surface area (Å²) in [5.74, 6) is -0.476. The molecule has 200 valence electrons. The van der Waals surface area contributed by atoms with Gasteiger partial charge in [-0.2, -0.15) is 0 Å². The lowest BCUT2D eigenvalue weighted by atomic mass is 9.83. The maximum atomic E-state index is 13.9. The number of fused-ring (bicyclic) bond motifs is 1. The van der Waals surface area contributed by atoms with E-state index in [1.807, 2.05) is 71.3 Å².